The lowest BCUT2D eigenvalue weighted by molar-refractivity contribution is 0.0907. The summed E-state index contributed by atoms with van der Waals surface area (Å²) < 4.78 is 5.03. The van der Waals surface area contributed by atoms with E-state index < -0.39 is 0 Å². The van der Waals surface area contributed by atoms with Crippen molar-refractivity contribution in [1.82, 2.24) is 10.3 Å². The monoisotopic (exact) mass is 260 g/mol. The Kier molecular flexibility index (Phi) is 3.90. The molecule has 0 bridgehead atoms. The van der Waals surface area contributed by atoms with Gasteiger partial charge in [-0.3, -0.25) is 4.79 Å². The SMILES string of the molecule is COC[C@@H](C)NC(=O)c1cccc2c(C)c(C)[nH]c12. The van der Waals surface area contributed by atoms with Crippen molar-refractivity contribution < 1.29 is 9.53 Å². The van der Waals surface area contributed by atoms with E-state index in [4.69, 9.17) is 4.74 Å². The third-order valence-electron chi connectivity index (χ3n) is 3.38. The Morgan fingerprint density at radius 3 is 2.84 bits per heavy atom. The summed E-state index contributed by atoms with van der Waals surface area (Å²) >= 11 is 0. The molecule has 102 valence electrons. The second-order valence-electron chi connectivity index (χ2n) is 4.93. The predicted molar refractivity (Wildman–Crippen MR) is 76.6 cm³/mol. The fourth-order valence-corrected chi connectivity index (χ4v) is 2.27. The van der Waals surface area contributed by atoms with Gasteiger partial charge in [0.25, 0.3) is 5.91 Å². The topological polar surface area (TPSA) is 54.1 Å². The number of hydrogen-bond donors (Lipinski definition) is 2. The van der Waals surface area contributed by atoms with Gasteiger partial charge in [0.2, 0.25) is 0 Å². The van der Waals surface area contributed by atoms with Gasteiger partial charge in [-0.2, -0.15) is 0 Å². The van der Waals surface area contributed by atoms with Gasteiger partial charge in [-0.25, -0.2) is 0 Å². The highest BCUT2D eigenvalue weighted by Crippen LogP contribution is 2.24. The smallest absolute Gasteiger partial charge is 0.253 e. The molecule has 4 nitrogen and oxygen atoms in total. The minimum atomic E-state index is -0.0728. The van der Waals surface area contributed by atoms with Crippen LogP contribution in [0.25, 0.3) is 10.9 Å². The van der Waals surface area contributed by atoms with Crippen LogP contribution in [-0.2, 0) is 4.74 Å². The first kappa shape index (κ1) is 13.6. The molecule has 2 N–H and O–H groups in total. The molecule has 0 saturated heterocycles. The van der Waals surface area contributed by atoms with Crippen LogP contribution in [0.1, 0.15) is 28.5 Å². The van der Waals surface area contributed by atoms with E-state index in [1.807, 2.05) is 32.0 Å². The average Bonchev–Trinajstić information content (AvgIpc) is 2.65. The van der Waals surface area contributed by atoms with Crippen LogP contribution in [-0.4, -0.2) is 30.6 Å². The summed E-state index contributed by atoms with van der Waals surface area (Å²) in [6, 6.07) is 5.78. The van der Waals surface area contributed by atoms with Crippen molar-refractivity contribution in [2.24, 2.45) is 0 Å². The molecule has 2 aromatic rings. The summed E-state index contributed by atoms with van der Waals surface area (Å²) in [5.74, 6) is -0.0728. The predicted octanol–water partition coefficient (Wildman–Crippen LogP) is 2.55. The van der Waals surface area contributed by atoms with E-state index in [0.29, 0.717) is 12.2 Å². The fourth-order valence-electron chi connectivity index (χ4n) is 2.27. The Labute approximate surface area is 113 Å². The maximum atomic E-state index is 12.3. The maximum absolute atomic E-state index is 12.3. The van der Waals surface area contributed by atoms with Crippen molar-refractivity contribution in [3.05, 3.63) is 35.0 Å². The number of aromatic amines is 1. The van der Waals surface area contributed by atoms with Crippen molar-refractivity contribution in [2.75, 3.05) is 13.7 Å². The Bertz CT molecular complexity index is 601. The molecule has 1 atom stereocenters. The lowest BCUT2D eigenvalue weighted by atomic mass is 10.1. The summed E-state index contributed by atoms with van der Waals surface area (Å²) in [5, 5.41) is 4.04. The highest BCUT2D eigenvalue weighted by Gasteiger charge is 2.15. The van der Waals surface area contributed by atoms with E-state index in [0.717, 1.165) is 16.6 Å². The zero-order chi connectivity index (χ0) is 14.0. The molecule has 0 aliphatic carbocycles. The van der Waals surface area contributed by atoms with Crippen LogP contribution in [0, 0.1) is 13.8 Å². The number of methoxy groups -OCH3 is 1. The molecule has 1 heterocycles. The van der Waals surface area contributed by atoms with E-state index in [1.165, 1.54) is 5.56 Å². The number of ether oxygens (including phenoxy) is 1. The lowest BCUT2D eigenvalue weighted by Gasteiger charge is -2.13. The molecule has 0 aliphatic heterocycles. The number of carbonyl (C=O) groups is 1. The molecule has 0 aliphatic rings. The van der Waals surface area contributed by atoms with Gasteiger partial charge in [0.05, 0.1) is 17.7 Å². The van der Waals surface area contributed by atoms with Crippen LogP contribution in [0.5, 0.6) is 0 Å². The van der Waals surface area contributed by atoms with Crippen molar-refractivity contribution in [3.63, 3.8) is 0 Å². The van der Waals surface area contributed by atoms with Gasteiger partial charge in [0.15, 0.2) is 0 Å². The number of H-pyrrole nitrogens is 1. The zero-order valence-electron chi connectivity index (χ0n) is 11.8. The number of nitrogens with one attached hydrogen (secondary N) is 2. The molecule has 0 spiro atoms. The molecule has 0 unspecified atom stereocenters. The molecular formula is C15H20N2O2. The minimum Gasteiger partial charge on any atom is -0.383 e. The van der Waals surface area contributed by atoms with Crippen molar-refractivity contribution in [2.45, 2.75) is 26.8 Å². The van der Waals surface area contributed by atoms with Crippen LogP contribution in [0.2, 0.25) is 0 Å². The van der Waals surface area contributed by atoms with Gasteiger partial charge < -0.3 is 15.0 Å². The van der Waals surface area contributed by atoms with Crippen molar-refractivity contribution in [3.8, 4) is 0 Å². The third kappa shape index (κ3) is 2.63. The number of aryl methyl sites for hydroxylation is 2. The summed E-state index contributed by atoms with van der Waals surface area (Å²) in [4.78, 5) is 15.6. The third-order valence-corrected chi connectivity index (χ3v) is 3.38. The molecule has 1 aromatic heterocycles. The van der Waals surface area contributed by atoms with Gasteiger partial charge >= 0.3 is 0 Å². The minimum absolute atomic E-state index is 0.00934. The normalized spacial score (nSPS) is 12.6. The number of rotatable bonds is 4. The zero-order valence-corrected chi connectivity index (χ0v) is 11.8. The average molecular weight is 260 g/mol. The second kappa shape index (κ2) is 5.45. The number of para-hydroxylation sites is 1. The summed E-state index contributed by atoms with van der Waals surface area (Å²) in [7, 11) is 1.63. The van der Waals surface area contributed by atoms with Crippen LogP contribution in [0.4, 0.5) is 0 Å². The summed E-state index contributed by atoms with van der Waals surface area (Å²) in [5.41, 5.74) is 3.87. The van der Waals surface area contributed by atoms with Gasteiger partial charge in [-0.1, -0.05) is 12.1 Å². The Morgan fingerprint density at radius 1 is 1.42 bits per heavy atom. The van der Waals surface area contributed by atoms with Gasteiger partial charge in [-0.15, -0.1) is 0 Å². The van der Waals surface area contributed by atoms with Crippen molar-refractivity contribution in [1.29, 1.82) is 0 Å². The van der Waals surface area contributed by atoms with Crippen LogP contribution < -0.4 is 5.32 Å². The Hall–Kier alpha value is -1.81. The first-order valence-electron chi connectivity index (χ1n) is 6.42. The molecule has 1 amide bonds. The van der Waals surface area contributed by atoms with E-state index in [9.17, 15) is 4.79 Å². The van der Waals surface area contributed by atoms with E-state index in [2.05, 4.69) is 17.2 Å². The largest absolute Gasteiger partial charge is 0.383 e. The second-order valence-corrected chi connectivity index (χ2v) is 4.93. The molecule has 0 radical (unpaired) electrons. The Morgan fingerprint density at radius 2 is 2.16 bits per heavy atom. The molecule has 4 heteroatoms. The summed E-state index contributed by atoms with van der Waals surface area (Å²) in [6.45, 7) is 6.51. The number of aromatic nitrogens is 1. The molecule has 2 rings (SSSR count). The quantitative estimate of drug-likeness (QED) is 0.887. The number of fused-ring (bicyclic) bond motifs is 1. The fraction of sp³-hybridized carbons (Fsp3) is 0.400. The number of benzene rings is 1. The molecule has 19 heavy (non-hydrogen) atoms. The molecular weight excluding hydrogens is 240 g/mol. The first-order chi connectivity index (χ1) is 9.04. The first-order valence-corrected chi connectivity index (χ1v) is 6.42. The number of hydrogen-bond acceptors (Lipinski definition) is 2. The van der Waals surface area contributed by atoms with Crippen LogP contribution >= 0.6 is 0 Å². The lowest BCUT2D eigenvalue weighted by Crippen LogP contribution is -2.35. The molecule has 0 fully saturated rings. The number of carbonyl (C=O) groups excluding carboxylic acids is 1. The van der Waals surface area contributed by atoms with Gasteiger partial charge in [0.1, 0.15) is 0 Å². The van der Waals surface area contributed by atoms with Gasteiger partial charge in [0, 0.05) is 24.2 Å². The van der Waals surface area contributed by atoms with Gasteiger partial charge in [-0.05, 0) is 32.4 Å². The van der Waals surface area contributed by atoms with Crippen molar-refractivity contribution >= 4 is 16.8 Å². The molecule has 1 aromatic carbocycles. The van der Waals surface area contributed by atoms with E-state index >= 15 is 0 Å². The number of amides is 1. The Balaban J connectivity index is 2.35. The molecule has 0 saturated carbocycles. The van der Waals surface area contributed by atoms with Crippen LogP contribution in [0.15, 0.2) is 18.2 Å². The van der Waals surface area contributed by atoms with E-state index in [-0.39, 0.29) is 11.9 Å². The van der Waals surface area contributed by atoms with Crippen LogP contribution in [0.3, 0.4) is 0 Å². The van der Waals surface area contributed by atoms with E-state index in [1.54, 1.807) is 7.11 Å². The maximum Gasteiger partial charge on any atom is 0.253 e. The highest BCUT2D eigenvalue weighted by molar-refractivity contribution is 6.06. The highest BCUT2D eigenvalue weighted by atomic mass is 16.5. The summed E-state index contributed by atoms with van der Waals surface area (Å²) in [6.07, 6.45) is 0. The standard InChI is InChI=1S/C15H20N2O2/c1-9(8-19-4)16-15(18)13-7-5-6-12-10(2)11(3)17-14(12)13/h5-7,9,17H,8H2,1-4H3,(H,16,18)/t9-/m1/s1.